The molecule has 0 fully saturated rings. The Morgan fingerprint density at radius 1 is 1.06 bits per heavy atom. The first-order valence-corrected chi connectivity index (χ1v) is 11.7. The van der Waals surface area contributed by atoms with E-state index in [-0.39, 0.29) is 17.2 Å². The number of halogens is 1. The molecule has 7 nitrogen and oxygen atoms in total. The molecule has 3 rings (SSSR count). The van der Waals surface area contributed by atoms with Crippen molar-refractivity contribution in [2.45, 2.75) is 42.2 Å². The highest BCUT2D eigenvalue weighted by atomic mass is 32.2. The predicted molar refractivity (Wildman–Crippen MR) is 112 cm³/mol. The van der Waals surface area contributed by atoms with Crippen LogP contribution in [0.25, 0.3) is 0 Å². The topological polar surface area (TPSA) is 105 Å². The van der Waals surface area contributed by atoms with Gasteiger partial charge in [-0.05, 0) is 68.5 Å². The molecule has 0 bridgehead atoms. The van der Waals surface area contributed by atoms with Gasteiger partial charge in [0.2, 0.25) is 0 Å². The molecule has 1 aliphatic rings. The number of hydrogen-bond donors (Lipinski definition) is 2. The number of carbonyl (C=O) groups is 2. The number of sulfone groups is 1. The van der Waals surface area contributed by atoms with Crippen LogP contribution in [-0.4, -0.2) is 33.3 Å². The highest BCUT2D eigenvalue weighted by Crippen LogP contribution is 2.29. The predicted octanol–water partition coefficient (Wildman–Crippen LogP) is 3.06. The third kappa shape index (κ3) is 6.04. The zero-order valence-corrected chi connectivity index (χ0v) is 17.8. The number of hydrogen-bond acceptors (Lipinski definition) is 5. The molecule has 9 heteroatoms. The Bertz CT molecular complexity index is 1030. The second-order valence-electron chi connectivity index (χ2n) is 7.33. The molecule has 1 aromatic carbocycles. The third-order valence-corrected chi connectivity index (χ3v) is 7.23. The molecule has 1 aromatic heterocycles. The summed E-state index contributed by atoms with van der Waals surface area (Å²) in [6, 6.07) is 7.37. The van der Waals surface area contributed by atoms with Gasteiger partial charge in [0.1, 0.15) is 16.8 Å². The van der Waals surface area contributed by atoms with E-state index in [1.807, 2.05) is 0 Å². The number of furan rings is 1. The Morgan fingerprint density at radius 3 is 2.45 bits per heavy atom. The van der Waals surface area contributed by atoms with Gasteiger partial charge in [-0.1, -0.05) is 11.6 Å². The maximum atomic E-state index is 13.2. The van der Waals surface area contributed by atoms with Gasteiger partial charge in [-0.25, -0.2) is 12.8 Å². The van der Waals surface area contributed by atoms with Gasteiger partial charge in [0.15, 0.2) is 9.84 Å². The van der Waals surface area contributed by atoms with Crippen LogP contribution in [0.4, 0.5) is 4.39 Å². The first kappa shape index (κ1) is 22.7. The molecule has 2 N–H and O–H groups in total. The molecule has 0 spiro atoms. The van der Waals surface area contributed by atoms with Crippen LogP contribution in [0.15, 0.2) is 63.6 Å². The quantitative estimate of drug-likeness (QED) is 0.367. The molecule has 0 saturated carbocycles. The van der Waals surface area contributed by atoms with E-state index in [2.05, 4.69) is 16.7 Å². The van der Waals surface area contributed by atoms with Gasteiger partial charge in [-0.3, -0.25) is 9.59 Å². The largest absolute Gasteiger partial charge is 0.468 e. The van der Waals surface area contributed by atoms with Crippen molar-refractivity contribution in [2.24, 2.45) is 0 Å². The normalized spacial score (nSPS) is 15.1. The lowest BCUT2D eigenvalue weighted by Crippen LogP contribution is -2.42. The average Bonchev–Trinajstić information content (AvgIpc) is 3.29. The van der Waals surface area contributed by atoms with E-state index in [4.69, 9.17) is 4.42 Å². The highest BCUT2D eigenvalue weighted by Gasteiger charge is 2.32. The highest BCUT2D eigenvalue weighted by molar-refractivity contribution is 7.91. The fourth-order valence-corrected chi connectivity index (χ4v) is 5.03. The summed E-state index contributed by atoms with van der Waals surface area (Å²) in [4.78, 5) is 24.2. The van der Waals surface area contributed by atoms with Crippen LogP contribution in [-0.2, 0) is 19.4 Å². The summed E-state index contributed by atoms with van der Waals surface area (Å²) in [7, 11) is -4.01. The monoisotopic (exact) mass is 448 g/mol. The van der Waals surface area contributed by atoms with Crippen LogP contribution >= 0.6 is 0 Å². The fraction of sp³-hybridized carbons (Fsp3) is 0.364. The molecule has 0 saturated heterocycles. The molecule has 1 heterocycles. The van der Waals surface area contributed by atoms with Gasteiger partial charge >= 0.3 is 11.8 Å². The van der Waals surface area contributed by atoms with E-state index in [0.717, 1.165) is 43.5 Å². The van der Waals surface area contributed by atoms with Crippen molar-refractivity contribution in [2.75, 3.05) is 13.1 Å². The summed E-state index contributed by atoms with van der Waals surface area (Å²) >= 11 is 0. The summed E-state index contributed by atoms with van der Waals surface area (Å²) < 4.78 is 44.5. The lowest BCUT2D eigenvalue weighted by molar-refractivity contribution is -0.139. The molecular formula is C22H25FN2O5S. The molecule has 2 aromatic rings. The van der Waals surface area contributed by atoms with E-state index in [1.165, 1.54) is 30.4 Å². The van der Waals surface area contributed by atoms with Crippen molar-refractivity contribution < 1.29 is 26.8 Å². The summed E-state index contributed by atoms with van der Waals surface area (Å²) in [6.45, 7) is -0.0296. The smallest absolute Gasteiger partial charge is 0.309 e. The van der Waals surface area contributed by atoms with E-state index >= 15 is 0 Å². The van der Waals surface area contributed by atoms with Crippen LogP contribution in [0, 0.1) is 5.82 Å². The van der Waals surface area contributed by atoms with Crippen molar-refractivity contribution in [1.29, 1.82) is 0 Å². The van der Waals surface area contributed by atoms with E-state index in [0.29, 0.717) is 13.0 Å². The SMILES string of the molecule is O=C(NCCC1=CCCCC1)C(=O)NC[C@H](c1ccco1)S(=O)(=O)c1ccc(F)cc1. The van der Waals surface area contributed by atoms with Gasteiger partial charge in [0.25, 0.3) is 0 Å². The number of allylic oxidation sites excluding steroid dienone is 1. The minimum Gasteiger partial charge on any atom is -0.468 e. The number of carbonyl (C=O) groups excluding carboxylic acids is 2. The molecule has 0 radical (unpaired) electrons. The Hall–Kier alpha value is -2.94. The summed E-state index contributed by atoms with van der Waals surface area (Å²) in [5, 5.41) is 3.66. The van der Waals surface area contributed by atoms with E-state index in [1.54, 1.807) is 0 Å². The minimum atomic E-state index is -4.01. The van der Waals surface area contributed by atoms with Crippen molar-refractivity contribution in [3.8, 4) is 0 Å². The van der Waals surface area contributed by atoms with Gasteiger partial charge < -0.3 is 15.1 Å². The Labute approximate surface area is 180 Å². The molecule has 31 heavy (non-hydrogen) atoms. The van der Waals surface area contributed by atoms with Crippen LogP contribution in [0.3, 0.4) is 0 Å². The standard InChI is InChI=1S/C22H25FN2O5S/c23-17-8-10-18(11-9-17)31(28,29)20(19-7-4-14-30-19)15-25-22(27)21(26)24-13-12-16-5-2-1-3-6-16/h4-5,7-11,14,20H,1-3,6,12-13,15H2,(H,24,26)(H,25,27)/t20-/m1/s1. The molecule has 166 valence electrons. The number of rotatable bonds is 8. The first-order valence-electron chi connectivity index (χ1n) is 10.1. The Balaban J connectivity index is 1.61. The second kappa shape index (κ2) is 10.4. The Morgan fingerprint density at radius 2 is 1.81 bits per heavy atom. The van der Waals surface area contributed by atoms with Crippen molar-refractivity contribution in [1.82, 2.24) is 10.6 Å². The Kier molecular flexibility index (Phi) is 7.62. The molecular weight excluding hydrogens is 423 g/mol. The summed E-state index contributed by atoms with van der Waals surface area (Å²) in [5.41, 5.74) is 1.27. The number of amides is 2. The zero-order chi connectivity index (χ0) is 22.3. The molecule has 1 aliphatic carbocycles. The molecule has 0 aliphatic heterocycles. The fourth-order valence-electron chi connectivity index (χ4n) is 3.44. The third-order valence-electron chi connectivity index (χ3n) is 5.15. The minimum absolute atomic E-state index is 0.106. The lowest BCUT2D eigenvalue weighted by Gasteiger charge is -2.17. The lowest BCUT2D eigenvalue weighted by atomic mass is 9.97. The van der Waals surface area contributed by atoms with Crippen LogP contribution in [0.1, 0.15) is 43.1 Å². The molecule has 2 amide bonds. The summed E-state index contributed by atoms with van der Waals surface area (Å²) in [6.07, 6.45) is 8.54. The van der Waals surface area contributed by atoms with Gasteiger partial charge in [0, 0.05) is 13.1 Å². The van der Waals surface area contributed by atoms with Crippen molar-refractivity contribution in [3.63, 3.8) is 0 Å². The second-order valence-corrected chi connectivity index (χ2v) is 9.46. The van der Waals surface area contributed by atoms with Crippen LogP contribution in [0.2, 0.25) is 0 Å². The van der Waals surface area contributed by atoms with Crippen molar-refractivity contribution >= 4 is 21.7 Å². The van der Waals surface area contributed by atoms with Gasteiger partial charge in [0.05, 0.1) is 11.2 Å². The van der Waals surface area contributed by atoms with E-state index < -0.39 is 32.7 Å². The van der Waals surface area contributed by atoms with Gasteiger partial charge in [-0.15, -0.1) is 0 Å². The van der Waals surface area contributed by atoms with Crippen LogP contribution in [0.5, 0.6) is 0 Å². The van der Waals surface area contributed by atoms with Crippen LogP contribution < -0.4 is 10.6 Å². The average molecular weight is 449 g/mol. The first-order chi connectivity index (χ1) is 14.9. The van der Waals surface area contributed by atoms with E-state index in [9.17, 15) is 22.4 Å². The molecule has 1 atom stereocenters. The summed E-state index contributed by atoms with van der Waals surface area (Å²) in [5.74, 6) is -2.21. The number of nitrogens with one attached hydrogen (secondary N) is 2. The van der Waals surface area contributed by atoms with Gasteiger partial charge in [-0.2, -0.15) is 0 Å². The number of benzene rings is 1. The zero-order valence-electron chi connectivity index (χ0n) is 17.0. The molecule has 0 unspecified atom stereocenters. The maximum absolute atomic E-state index is 13.2. The maximum Gasteiger partial charge on any atom is 0.309 e. The van der Waals surface area contributed by atoms with Crippen molar-refractivity contribution in [3.05, 3.63) is 65.9 Å².